The minimum absolute atomic E-state index is 0.0152. The molecule has 0 spiro atoms. The fourth-order valence-corrected chi connectivity index (χ4v) is 5.41. The lowest BCUT2D eigenvalue weighted by Gasteiger charge is -2.25. The number of aromatic nitrogens is 1. The van der Waals surface area contributed by atoms with E-state index in [0.717, 1.165) is 52.4 Å². The van der Waals surface area contributed by atoms with Crippen LogP contribution in [0.1, 0.15) is 40.9 Å². The smallest absolute Gasteiger partial charge is 0.221 e. The van der Waals surface area contributed by atoms with Crippen LogP contribution in [0.15, 0.2) is 91.0 Å². The molecule has 5 aromatic rings. The van der Waals surface area contributed by atoms with Gasteiger partial charge in [0, 0.05) is 41.3 Å². The lowest BCUT2D eigenvalue weighted by atomic mass is 9.93. The average Bonchev–Trinajstić information content (AvgIpc) is 3.38. The second-order valence-corrected chi connectivity index (χ2v) is 10.2. The Balaban J connectivity index is 1.22. The molecule has 0 fully saturated rings. The summed E-state index contributed by atoms with van der Waals surface area (Å²) in [6.07, 6.45) is 0.939. The van der Waals surface area contributed by atoms with Gasteiger partial charge in [0.2, 0.25) is 5.91 Å². The second kappa shape index (κ2) is 11.8. The fraction of sp³-hybridized carbons (Fsp3) is 0.206. The summed E-state index contributed by atoms with van der Waals surface area (Å²) in [4.78, 5) is 15.0. The zero-order valence-electron chi connectivity index (χ0n) is 23.2. The predicted octanol–water partition coefficient (Wildman–Crippen LogP) is 6.53. The van der Waals surface area contributed by atoms with E-state index in [-0.39, 0.29) is 11.9 Å². The van der Waals surface area contributed by atoms with Crippen LogP contribution in [-0.4, -0.2) is 24.5 Å². The van der Waals surface area contributed by atoms with E-state index in [1.54, 1.807) is 7.11 Å². The van der Waals surface area contributed by atoms with Gasteiger partial charge >= 0.3 is 0 Å². The van der Waals surface area contributed by atoms with E-state index < -0.39 is 0 Å². The zero-order chi connectivity index (χ0) is 28.2. The monoisotopic (exact) mass is 547 g/mol. The maximum absolute atomic E-state index is 11.3. The van der Waals surface area contributed by atoms with E-state index in [4.69, 9.17) is 14.2 Å². The molecule has 0 radical (unpaired) electrons. The first kappa shape index (κ1) is 26.5. The molecule has 7 heteroatoms. The number of amides is 1. The van der Waals surface area contributed by atoms with Crippen molar-refractivity contribution < 1.29 is 19.0 Å². The molecular weight excluding hydrogens is 514 g/mol. The first-order chi connectivity index (χ1) is 20.1. The van der Waals surface area contributed by atoms with Gasteiger partial charge in [0.1, 0.15) is 30.5 Å². The molecule has 41 heavy (non-hydrogen) atoms. The second-order valence-electron chi connectivity index (χ2n) is 10.2. The number of benzene rings is 4. The van der Waals surface area contributed by atoms with Crippen LogP contribution >= 0.6 is 0 Å². The van der Waals surface area contributed by atoms with Crippen molar-refractivity contribution in [3.8, 4) is 17.2 Å². The Labute approximate surface area is 239 Å². The molecular formula is C34H33N3O4. The van der Waals surface area contributed by atoms with Crippen LogP contribution in [-0.2, 0) is 24.4 Å². The van der Waals surface area contributed by atoms with Gasteiger partial charge in [-0.25, -0.2) is 0 Å². The molecule has 1 aliphatic rings. The summed E-state index contributed by atoms with van der Waals surface area (Å²) >= 11 is 0. The molecule has 7 nitrogen and oxygen atoms in total. The lowest BCUT2D eigenvalue weighted by Crippen LogP contribution is -2.30. The van der Waals surface area contributed by atoms with Crippen LogP contribution in [0.3, 0.4) is 0 Å². The highest BCUT2D eigenvalue weighted by Crippen LogP contribution is 2.36. The molecule has 1 atom stereocenters. The topological polar surface area (TPSA) is 84.6 Å². The number of fused-ring (bicyclic) bond motifs is 3. The SMILES string of the molecule is COc1ccc([C@H]2NCCc3c2[nH]c2ccc(OCc4ccccc4)cc32)cc1COc1ccc(NC(C)=O)cc1. The number of ether oxygens (including phenoxy) is 3. The molecule has 0 bridgehead atoms. The number of rotatable bonds is 9. The number of hydrogen-bond acceptors (Lipinski definition) is 5. The Bertz CT molecular complexity index is 1660. The molecule has 3 N–H and O–H groups in total. The largest absolute Gasteiger partial charge is 0.496 e. The van der Waals surface area contributed by atoms with Gasteiger partial charge in [0.25, 0.3) is 0 Å². The van der Waals surface area contributed by atoms with Gasteiger partial charge in [0.05, 0.1) is 13.2 Å². The Kier molecular flexibility index (Phi) is 7.60. The van der Waals surface area contributed by atoms with Gasteiger partial charge in [-0.1, -0.05) is 36.4 Å². The van der Waals surface area contributed by atoms with Crippen LogP contribution in [0.25, 0.3) is 10.9 Å². The number of H-pyrrole nitrogens is 1. The van der Waals surface area contributed by atoms with Gasteiger partial charge < -0.3 is 29.8 Å². The number of carbonyl (C=O) groups excluding carboxylic acids is 1. The summed E-state index contributed by atoms with van der Waals surface area (Å²) in [5.74, 6) is 2.25. The third-order valence-corrected chi connectivity index (χ3v) is 7.38. The molecule has 4 aromatic carbocycles. The van der Waals surface area contributed by atoms with Gasteiger partial charge in [0.15, 0.2) is 0 Å². The molecule has 6 rings (SSSR count). The number of aromatic amines is 1. The van der Waals surface area contributed by atoms with E-state index in [2.05, 4.69) is 52.0 Å². The molecule has 1 aliphatic heterocycles. The molecule has 1 aromatic heterocycles. The summed E-state index contributed by atoms with van der Waals surface area (Å²) in [7, 11) is 1.67. The van der Waals surface area contributed by atoms with Crippen molar-refractivity contribution in [1.29, 1.82) is 0 Å². The third kappa shape index (κ3) is 5.90. The minimum atomic E-state index is -0.105. The van der Waals surface area contributed by atoms with Crippen LogP contribution in [0, 0.1) is 0 Å². The van der Waals surface area contributed by atoms with Crippen molar-refractivity contribution >= 4 is 22.5 Å². The normalized spacial score (nSPS) is 14.3. The first-order valence-corrected chi connectivity index (χ1v) is 13.8. The maximum atomic E-state index is 11.3. The zero-order valence-corrected chi connectivity index (χ0v) is 23.2. The summed E-state index contributed by atoms with van der Waals surface area (Å²) < 4.78 is 17.9. The van der Waals surface area contributed by atoms with Gasteiger partial charge in [-0.2, -0.15) is 0 Å². The Morgan fingerprint density at radius 2 is 1.68 bits per heavy atom. The van der Waals surface area contributed by atoms with Crippen molar-refractivity contribution in [1.82, 2.24) is 10.3 Å². The van der Waals surface area contributed by atoms with Crippen LogP contribution in [0.2, 0.25) is 0 Å². The summed E-state index contributed by atoms with van der Waals surface area (Å²) in [6, 6.07) is 30.1. The summed E-state index contributed by atoms with van der Waals surface area (Å²) in [5, 5.41) is 7.67. The third-order valence-electron chi connectivity index (χ3n) is 7.38. The summed E-state index contributed by atoms with van der Waals surface area (Å²) in [5.41, 5.74) is 7.58. The first-order valence-electron chi connectivity index (χ1n) is 13.8. The van der Waals surface area contributed by atoms with Crippen molar-refractivity contribution in [2.45, 2.75) is 32.6 Å². The minimum Gasteiger partial charge on any atom is -0.496 e. The number of nitrogens with one attached hydrogen (secondary N) is 3. The van der Waals surface area contributed by atoms with Crippen molar-refractivity contribution in [3.05, 3.63) is 119 Å². The number of methoxy groups -OCH3 is 1. The van der Waals surface area contributed by atoms with Gasteiger partial charge in [-0.3, -0.25) is 4.79 Å². The predicted molar refractivity (Wildman–Crippen MR) is 161 cm³/mol. The standard InChI is InChI=1S/C34H33N3O4/c1-22(38)36-26-9-11-27(12-10-26)41-21-25-18-24(8-15-32(25)39-2)33-34-29(16-17-35-33)30-19-28(13-14-31(30)37-34)40-20-23-6-4-3-5-7-23/h3-15,18-19,33,35,37H,16-17,20-21H2,1-2H3,(H,36,38)/t33-/m1/s1. The van der Waals surface area contributed by atoms with Crippen LogP contribution < -0.4 is 24.8 Å². The maximum Gasteiger partial charge on any atom is 0.221 e. The van der Waals surface area contributed by atoms with Crippen LogP contribution in [0.5, 0.6) is 17.2 Å². The molecule has 1 amide bonds. The Morgan fingerprint density at radius 3 is 2.46 bits per heavy atom. The quantitative estimate of drug-likeness (QED) is 0.195. The molecule has 208 valence electrons. The number of anilines is 1. The fourth-order valence-electron chi connectivity index (χ4n) is 5.41. The Hall–Kier alpha value is -4.75. The molecule has 0 aliphatic carbocycles. The highest BCUT2D eigenvalue weighted by Gasteiger charge is 2.26. The number of hydrogen-bond donors (Lipinski definition) is 3. The van der Waals surface area contributed by atoms with Gasteiger partial charge in [-0.05, 0) is 77.7 Å². The van der Waals surface area contributed by atoms with E-state index in [0.29, 0.717) is 19.0 Å². The average molecular weight is 548 g/mol. The van der Waals surface area contributed by atoms with Crippen molar-refractivity contribution in [2.75, 3.05) is 19.0 Å². The van der Waals surface area contributed by atoms with Crippen molar-refractivity contribution in [2.24, 2.45) is 0 Å². The highest BCUT2D eigenvalue weighted by atomic mass is 16.5. The molecule has 0 saturated carbocycles. The summed E-state index contributed by atoms with van der Waals surface area (Å²) in [6.45, 7) is 3.25. The van der Waals surface area contributed by atoms with E-state index in [1.165, 1.54) is 23.6 Å². The Morgan fingerprint density at radius 1 is 0.902 bits per heavy atom. The van der Waals surface area contributed by atoms with E-state index in [1.807, 2.05) is 54.6 Å². The highest BCUT2D eigenvalue weighted by molar-refractivity contribution is 5.88. The lowest BCUT2D eigenvalue weighted by molar-refractivity contribution is -0.114. The van der Waals surface area contributed by atoms with E-state index >= 15 is 0 Å². The van der Waals surface area contributed by atoms with Gasteiger partial charge in [-0.15, -0.1) is 0 Å². The number of carbonyl (C=O) groups is 1. The van der Waals surface area contributed by atoms with Crippen molar-refractivity contribution in [3.63, 3.8) is 0 Å². The molecule has 2 heterocycles. The molecule has 0 unspecified atom stereocenters. The van der Waals surface area contributed by atoms with E-state index in [9.17, 15) is 4.79 Å². The molecule has 0 saturated heterocycles. The van der Waals surface area contributed by atoms with Crippen LogP contribution in [0.4, 0.5) is 5.69 Å².